The highest BCUT2D eigenvalue weighted by Crippen LogP contribution is 2.56. The Morgan fingerprint density at radius 1 is 0.224 bits per heavy atom. The molecule has 0 aliphatic rings. The Bertz CT molecular complexity index is 4830. The smallest absolute Gasteiger partial charge is 0.307 e. The van der Waals surface area contributed by atoms with Crippen molar-refractivity contribution in [2.24, 2.45) is 0 Å². The molecule has 0 aliphatic carbocycles. The molecule has 0 aromatic heterocycles. The number of carbonyl (C=O) groups is 2. The molecule has 0 heterocycles. The van der Waals surface area contributed by atoms with E-state index in [2.05, 4.69) is 506 Å². The van der Waals surface area contributed by atoms with Gasteiger partial charge in [-0.05, 0) is 169 Å². The predicted octanol–water partition coefficient (Wildman–Crippen LogP) is 27.5. The molecule has 134 heavy (non-hydrogen) atoms. The van der Waals surface area contributed by atoms with Crippen LogP contribution in [-0.2, 0) is 104 Å². The molecule has 12 aromatic carbocycles. The third kappa shape index (κ3) is 28.4. The first-order valence-electron chi connectivity index (χ1n) is 46.6. The quantitative estimate of drug-likeness (QED) is 0.0205. The normalized spacial score (nSPS) is 12.6. The van der Waals surface area contributed by atoms with Crippen molar-refractivity contribution in [2.45, 2.75) is 195 Å². The number of esters is 2. The van der Waals surface area contributed by atoms with Gasteiger partial charge in [-0.2, -0.15) is 0 Å². The summed E-state index contributed by atoms with van der Waals surface area (Å²) in [5.41, 5.74) is 13.2. The van der Waals surface area contributed by atoms with Crippen LogP contribution < -0.4 is 18.1 Å². The fourth-order valence-corrected chi connectivity index (χ4v) is 23.9. The molecule has 0 amide bonds. The van der Waals surface area contributed by atoms with E-state index in [0.29, 0.717) is 52.4 Å². The number of benzene rings is 12. The van der Waals surface area contributed by atoms with Gasteiger partial charge in [0.2, 0.25) is 33.8 Å². The van der Waals surface area contributed by atoms with Crippen LogP contribution in [-0.4, -0.2) is 119 Å². The van der Waals surface area contributed by atoms with E-state index in [1.165, 1.54) is 44.5 Å². The summed E-state index contributed by atoms with van der Waals surface area (Å²) >= 11 is 0. The molecule has 16 nitrogen and oxygen atoms in total. The van der Waals surface area contributed by atoms with Crippen molar-refractivity contribution >= 4 is 45.7 Å². The van der Waals surface area contributed by atoms with Crippen LogP contribution in [0.1, 0.15) is 199 Å². The minimum absolute atomic E-state index is 0.0695. The maximum Gasteiger partial charge on any atom is 0.307 e. The van der Waals surface area contributed by atoms with Crippen LogP contribution in [0.4, 0.5) is 0 Å². The van der Waals surface area contributed by atoms with E-state index in [-0.39, 0.29) is 26.1 Å². The van der Waals surface area contributed by atoms with Crippen LogP contribution in [0.15, 0.2) is 315 Å². The summed E-state index contributed by atoms with van der Waals surface area (Å²) in [6, 6.07) is 110. The van der Waals surface area contributed by atoms with Gasteiger partial charge < -0.3 is 27.6 Å². The second kappa shape index (κ2) is 46.8. The molecule has 0 saturated heterocycles. The van der Waals surface area contributed by atoms with Gasteiger partial charge in [0, 0.05) is 85.4 Å². The first-order valence-corrected chi connectivity index (χ1v) is 51.3. The summed E-state index contributed by atoms with van der Waals surface area (Å²) in [6.45, 7) is 35.9. The van der Waals surface area contributed by atoms with E-state index in [0.717, 1.165) is 67.5 Å². The highest BCUT2D eigenvalue weighted by Gasteiger charge is 2.42. The molecule has 0 unspecified atom stereocenters. The summed E-state index contributed by atoms with van der Waals surface area (Å²) < 4.78 is 61.4. The lowest BCUT2D eigenvalue weighted by Gasteiger charge is -2.37. The molecule has 0 atom stereocenters. The number of nitrogens with zero attached hydrogens (tertiary/aromatic N) is 8. The summed E-state index contributed by atoms with van der Waals surface area (Å²) in [4.78, 5) is 31.1. The molecule has 706 valence electrons. The van der Waals surface area contributed by atoms with E-state index in [1.807, 2.05) is 0 Å². The van der Waals surface area contributed by atoms with Crippen molar-refractivity contribution in [1.29, 1.82) is 0 Å². The van der Waals surface area contributed by atoms with Crippen LogP contribution in [0, 0.1) is 0 Å². The van der Waals surface area contributed by atoms with Crippen molar-refractivity contribution in [3.8, 4) is 23.0 Å². The van der Waals surface area contributed by atoms with Gasteiger partial charge in [-0.3, -0.25) is 9.59 Å². The van der Waals surface area contributed by atoms with Crippen molar-refractivity contribution in [3.05, 3.63) is 404 Å². The van der Waals surface area contributed by atoms with Crippen molar-refractivity contribution < 1.29 is 37.2 Å². The van der Waals surface area contributed by atoms with E-state index in [1.54, 1.807) is 0 Å². The SMILES string of the molecule is CN(Cc1ccccc1)P(Oc1ccc(C(C)(CC(=O)OCCOC(=O)CC(C)(c2ccc(OP(N(C)Cc3ccccc3)N(C)Cc3ccccc3)c(C(C)(C)C)c2)c2ccc(OP(N(C)Cc3ccccc3)N(C)Cc3ccccc3)c(C(C)(C)C)c2)c2ccc(OP(N(C)Cc3ccccc3)N(C)Cc3ccccc3)c(C(C)(C)C)c2)cc1C(C)(C)C)N(C)Cc1ccccc1. The van der Waals surface area contributed by atoms with Crippen molar-refractivity contribution in [2.75, 3.05) is 69.6 Å². The zero-order valence-electron chi connectivity index (χ0n) is 83.1. The minimum atomic E-state index is -1.41. The van der Waals surface area contributed by atoms with Crippen LogP contribution in [0.2, 0.25) is 0 Å². The van der Waals surface area contributed by atoms with Gasteiger partial charge >= 0.3 is 11.9 Å². The van der Waals surface area contributed by atoms with E-state index in [9.17, 15) is 0 Å². The van der Waals surface area contributed by atoms with E-state index < -0.39 is 78.2 Å². The molecule has 0 bridgehead atoms. The van der Waals surface area contributed by atoms with Crippen LogP contribution in [0.3, 0.4) is 0 Å². The Labute approximate surface area is 806 Å². The molecule has 0 saturated carbocycles. The van der Waals surface area contributed by atoms with Crippen LogP contribution in [0.5, 0.6) is 23.0 Å². The second-order valence-electron chi connectivity index (χ2n) is 40.1. The van der Waals surface area contributed by atoms with Crippen molar-refractivity contribution in [1.82, 2.24) is 37.4 Å². The molecular weight excluding hydrogens is 1730 g/mol. The molecule has 0 radical (unpaired) electrons. The number of ether oxygens (including phenoxy) is 2. The Balaban J connectivity index is 0.897. The van der Waals surface area contributed by atoms with Crippen molar-refractivity contribution in [3.63, 3.8) is 0 Å². The Morgan fingerprint density at radius 3 is 0.515 bits per heavy atom. The highest BCUT2D eigenvalue weighted by molar-refractivity contribution is 7.48. The Morgan fingerprint density at radius 2 is 0.373 bits per heavy atom. The lowest BCUT2D eigenvalue weighted by Crippen LogP contribution is -2.31. The summed E-state index contributed by atoms with van der Waals surface area (Å²) in [7, 11) is 11.5. The van der Waals surface area contributed by atoms with Crippen LogP contribution >= 0.6 is 33.8 Å². The van der Waals surface area contributed by atoms with E-state index >= 15 is 9.59 Å². The molecule has 0 N–H and O–H groups in total. The Hall–Kier alpha value is -9.82. The summed E-state index contributed by atoms with van der Waals surface area (Å²) in [6.07, 6.45) is -0.139. The average Bonchev–Trinajstić information content (AvgIpc) is 0.755. The predicted molar refractivity (Wildman–Crippen MR) is 558 cm³/mol. The van der Waals surface area contributed by atoms with Gasteiger partial charge in [0.15, 0.2) is 0 Å². The Kier molecular flexibility index (Phi) is 36.0. The van der Waals surface area contributed by atoms with Gasteiger partial charge in [0.25, 0.3) is 0 Å². The lowest BCUT2D eigenvalue weighted by molar-refractivity contribution is -0.153. The van der Waals surface area contributed by atoms with Gasteiger partial charge in [-0.1, -0.05) is 388 Å². The fraction of sp³-hybridized carbons (Fsp3) is 0.351. The topological polar surface area (TPSA) is 115 Å². The molecule has 0 fully saturated rings. The maximum absolute atomic E-state index is 15.6. The van der Waals surface area contributed by atoms with Gasteiger partial charge in [-0.15, -0.1) is 0 Å². The molecule has 12 rings (SSSR count). The largest absolute Gasteiger partial charge is 0.462 e. The molecule has 0 spiro atoms. The zero-order chi connectivity index (χ0) is 96.1. The monoisotopic (exact) mass is 1870 g/mol. The maximum atomic E-state index is 15.6. The summed E-state index contributed by atoms with van der Waals surface area (Å²) in [5, 5.41) is 0. The first kappa shape index (κ1) is 103. The van der Waals surface area contributed by atoms with Gasteiger partial charge in [0.05, 0.1) is 12.8 Å². The van der Waals surface area contributed by atoms with Crippen LogP contribution in [0.25, 0.3) is 0 Å². The average molecular weight is 1880 g/mol. The number of rotatable bonds is 43. The third-order valence-electron chi connectivity index (χ3n) is 24.4. The lowest BCUT2D eigenvalue weighted by atomic mass is 9.70. The fourth-order valence-electron chi connectivity index (χ4n) is 17.1. The number of hydrogen-bond acceptors (Lipinski definition) is 16. The standard InChI is InChI=1S/C114H142N8O8P4/c1-109(2,3)99-73-95(63-67-103(99)127-131(115(15)79-87-47-31-23-32-48-87)116(16)80-88-49-33-24-34-50-88)113(13,96-64-68-104(100(74-96)110(4,5)6)128-132(117(17)81-89-51-35-25-36-52-89)118(18)82-90-53-37-26-38-54-90)77-107(123)125-71-72-126-108(124)78-114(14,97-65-69-105(101(75-97)111(7,8)9)129-133(119(19)83-91-55-39-27-40-56-91)120(20)84-92-57-41-28-42-58-92)98-66-70-106(102(76-98)112(10,11)12)130-134(121(21)85-93-59-43-29-44-60-93)122(22)86-94-61-45-30-46-62-94/h23-70,73-76H,71-72,77-86H2,1-22H3. The molecule has 20 heteroatoms. The molecule has 0 aliphatic heterocycles. The molecule has 12 aromatic rings. The van der Waals surface area contributed by atoms with Gasteiger partial charge in [-0.25, -0.2) is 37.4 Å². The first-order chi connectivity index (χ1) is 63.8. The minimum Gasteiger partial charge on any atom is -0.462 e. The number of carbonyl (C=O) groups excluding carboxylic acids is 2. The highest BCUT2D eigenvalue weighted by atomic mass is 31.2. The zero-order valence-corrected chi connectivity index (χ0v) is 86.7. The van der Waals surface area contributed by atoms with Gasteiger partial charge in [0.1, 0.15) is 36.2 Å². The second-order valence-corrected chi connectivity index (χ2v) is 48.3. The number of hydrogen-bond donors (Lipinski definition) is 0. The third-order valence-corrected chi connectivity index (χ3v) is 31.6. The summed E-state index contributed by atoms with van der Waals surface area (Å²) in [5.74, 6) is 2.12. The molecular formula is C114H142N8O8P4. The van der Waals surface area contributed by atoms with E-state index in [4.69, 9.17) is 27.6 Å².